The van der Waals surface area contributed by atoms with E-state index in [1.54, 1.807) is 6.92 Å². The second kappa shape index (κ2) is 6.98. The van der Waals surface area contributed by atoms with Gasteiger partial charge in [0.2, 0.25) is 11.8 Å². The van der Waals surface area contributed by atoms with Gasteiger partial charge in [-0.3, -0.25) is 14.4 Å². The highest BCUT2D eigenvalue weighted by Crippen LogP contribution is 2.38. The Hall–Kier alpha value is -2.37. The number of nitrogens with zero attached hydrogens (tertiary/aromatic N) is 2. The van der Waals surface area contributed by atoms with E-state index >= 15 is 0 Å². The van der Waals surface area contributed by atoms with Crippen molar-refractivity contribution < 1.29 is 14.4 Å². The highest BCUT2D eigenvalue weighted by Gasteiger charge is 2.47. The van der Waals surface area contributed by atoms with Crippen molar-refractivity contribution >= 4 is 17.7 Å². The van der Waals surface area contributed by atoms with Gasteiger partial charge >= 0.3 is 0 Å². The van der Waals surface area contributed by atoms with Crippen LogP contribution in [0.4, 0.5) is 0 Å². The van der Waals surface area contributed by atoms with Gasteiger partial charge in [-0.25, -0.2) is 0 Å². The number of carbonyl (C=O) groups excluding carboxylic acids is 3. The molecule has 144 valence electrons. The van der Waals surface area contributed by atoms with Crippen molar-refractivity contribution in [1.82, 2.24) is 15.1 Å². The number of benzene rings is 1. The summed E-state index contributed by atoms with van der Waals surface area (Å²) in [6.07, 6.45) is 3.98. The van der Waals surface area contributed by atoms with Gasteiger partial charge in [-0.05, 0) is 43.2 Å². The van der Waals surface area contributed by atoms with Crippen molar-refractivity contribution in [2.75, 3.05) is 19.6 Å². The van der Waals surface area contributed by atoms with Crippen LogP contribution in [0.2, 0.25) is 0 Å². The lowest BCUT2D eigenvalue weighted by Gasteiger charge is -2.47. The van der Waals surface area contributed by atoms with Crippen molar-refractivity contribution in [2.45, 2.75) is 51.1 Å². The quantitative estimate of drug-likeness (QED) is 0.862. The average Bonchev–Trinajstić information content (AvgIpc) is 3.43. The van der Waals surface area contributed by atoms with Crippen molar-refractivity contribution in [2.24, 2.45) is 5.92 Å². The molecule has 4 rings (SSSR count). The molecule has 2 fully saturated rings. The Morgan fingerprint density at radius 3 is 2.52 bits per heavy atom. The van der Waals surface area contributed by atoms with E-state index in [1.165, 1.54) is 12.8 Å². The van der Waals surface area contributed by atoms with E-state index in [-0.39, 0.29) is 17.7 Å². The molecule has 27 heavy (non-hydrogen) atoms. The van der Waals surface area contributed by atoms with Gasteiger partial charge in [0.1, 0.15) is 0 Å². The zero-order valence-corrected chi connectivity index (χ0v) is 15.9. The number of likely N-dealkylation sites (tertiary alicyclic amines) is 1. The van der Waals surface area contributed by atoms with Crippen LogP contribution < -0.4 is 5.32 Å². The lowest BCUT2D eigenvalue weighted by molar-refractivity contribution is -0.132. The summed E-state index contributed by atoms with van der Waals surface area (Å²) in [4.78, 5) is 41.2. The molecule has 6 nitrogen and oxygen atoms in total. The van der Waals surface area contributed by atoms with Gasteiger partial charge in [0.05, 0.1) is 12.0 Å². The van der Waals surface area contributed by atoms with E-state index in [0.29, 0.717) is 44.8 Å². The Morgan fingerprint density at radius 1 is 1.19 bits per heavy atom. The zero-order chi connectivity index (χ0) is 19.0. The van der Waals surface area contributed by atoms with E-state index in [2.05, 4.69) is 5.32 Å². The van der Waals surface area contributed by atoms with E-state index in [0.717, 1.165) is 17.7 Å². The van der Waals surface area contributed by atoms with Gasteiger partial charge < -0.3 is 15.1 Å². The van der Waals surface area contributed by atoms with Gasteiger partial charge in [-0.1, -0.05) is 18.2 Å². The Morgan fingerprint density at radius 2 is 1.89 bits per heavy atom. The molecule has 1 aromatic carbocycles. The standard InChI is InChI=1S/C21H27N3O3/c1-15(25)23-10-8-21(9-11-23,12-19(26)22-13-16-6-7-16)24-14-17-4-2-3-5-18(17)20(24)27/h2-5,16H,6-14H2,1H3,(H,22,26). The highest BCUT2D eigenvalue weighted by atomic mass is 16.2. The van der Waals surface area contributed by atoms with Crippen molar-refractivity contribution in [3.8, 4) is 0 Å². The minimum atomic E-state index is -0.518. The molecule has 6 heteroatoms. The molecule has 1 saturated carbocycles. The SMILES string of the molecule is CC(=O)N1CCC(CC(=O)NCC2CC2)(N2Cc3ccccc3C2=O)CC1. The number of fused-ring (bicyclic) bond motifs is 1. The maximum absolute atomic E-state index is 13.1. The maximum Gasteiger partial charge on any atom is 0.254 e. The summed E-state index contributed by atoms with van der Waals surface area (Å²) in [6, 6.07) is 7.68. The lowest BCUT2D eigenvalue weighted by atomic mass is 9.82. The molecule has 2 aliphatic heterocycles. The molecular weight excluding hydrogens is 342 g/mol. The number of hydrogen-bond acceptors (Lipinski definition) is 3. The molecule has 2 heterocycles. The summed E-state index contributed by atoms with van der Waals surface area (Å²) in [7, 11) is 0. The molecule has 3 amide bonds. The first-order valence-electron chi connectivity index (χ1n) is 9.91. The van der Waals surface area contributed by atoms with E-state index in [1.807, 2.05) is 34.1 Å². The third-order valence-electron chi connectivity index (χ3n) is 6.31. The van der Waals surface area contributed by atoms with Crippen LogP contribution in [0.3, 0.4) is 0 Å². The molecule has 0 bridgehead atoms. The monoisotopic (exact) mass is 369 g/mol. The van der Waals surface area contributed by atoms with Crippen molar-refractivity contribution in [3.63, 3.8) is 0 Å². The highest BCUT2D eigenvalue weighted by molar-refractivity contribution is 5.99. The Kier molecular flexibility index (Phi) is 4.66. The largest absolute Gasteiger partial charge is 0.356 e. The zero-order valence-electron chi connectivity index (χ0n) is 15.9. The summed E-state index contributed by atoms with van der Waals surface area (Å²) in [5.41, 5.74) is 1.24. The molecule has 1 saturated heterocycles. The van der Waals surface area contributed by atoms with Crippen LogP contribution in [0.25, 0.3) is 0 Å². The molecule has 0 radical (unpaired) electrons. The topological polar surface area (TPSA) is 69.7 Å². The third kappa shape index (κ3) is 3.57. The van der Waals surface area contributed by atoms with Crippen LogP contribution in [0.5, 0.6) is 0 Å². The fraction of sp³-hybridized carbons (Fsp3) is 0.571. The number of rotatable bonds is 5. The van der Waals surface area contributed by atoms with Crippen LogP contribution >= 0.6 is 0 Å². The molecule has 0 spiro atoms. The van der Waals surface area contributed by atoms with Crippen molar-refractivity contribution in [3.05, 3.63) is 35.4 Å². The minimum Gasteiger partial charge on any atom is -0.356 e. The molecular formula is C21H27N3O3. The van der Waals surface area contributed by atoms with E-state index in [4.69, 9.17) is 0 Å². The number of nitrogens with one attached hydrogen (secondary N) is 1. The van der Waals surface area contributed by atoms with Crippen molar-refractivity contribution in [1.29, 1.82) is 0 Å². The first kappa shape index (κ1) is 18.0. The van der Waals surface area contributed by atoms with Crippen LogP contribution in [-0.4, -0.2) is 52.7 Å². The average molecular weight is 369 g/mol. The van der Waals surface area contributed by atoms with Crippen LogP contribution in [0.15, 0.2) is 24.3 Å². The normalized spacial score (nSPS) is 21.1. The summed E-state index contributed by atoms with van der Waals surface area (Å²) < 4.78 is 0. The van der Waals surface area contributed by atoms with Gasteiger partial charge in [0, 0.05) is 38.7 Å². The number of amides is 3. The summed E-state index contributed by atoms with van der Waals surface area (Å²) >= 11 is 0. The summed E-state index contributed by atoms with van der Waals surface area (Å²) in [5.74, 6) is 0.707. The van der Waals surface area contributed by atoms with Gasteiger partial charge in [-0.15, -0.1) is 0 Å². The second-order valence-electron chi connectivity index (χ2n) is 8.20. The smallest absolute Gasteiger partial charge is 0.254 e. The Bertz CT molecular complexity index is 764. The number of carbonyl (C=O) groups is 3. The molecule has 0 unspecified atom stereocenters. The molecule has 1 aromatic rings. The molecule has 0 atom stereocenters. The maximum atomic E-state index is 13.1. The van der Waals surface area contributed by atoms with E-state index < -0.39 is 5.54 Å². The van der Waals surface area contributed by atoms with Crippen LogP contribution in [0.1, 0.15) is 54.9 Å². The van der Waals surface area contributed by atoms with Crippen LogP contribution in [0, 0.1) is 5.92 Å². The lowest BCUT2D eigenvalue weighted by Crippen LogP contribution is -2.58. The number of piperidine rings is 1. The molecule has 1 N–H and O–H groups in total. The molecule has 0 aromatic heterocycles. The summed E-state index contributed by atoms with van der Waals surface area (Å²) in [5, 5.41) is 3.05. The first-order valence-corrected chi connectivity index (χ1v) is 9.91. The predicted octanol–water partition coefficient (Wildman–Crippen LogP) is 1.94. The summed E-state index contributed by atoms with van der Waals surface area (Å²) in [6.45, 7) is 4.04. The third-order valence-corrected chi connectivity index (χ3v) is 6.31. The van der Waals surface area contributed by atoms with Gasteiger partial charge in [-0.2, -0.15) is 0 Å². The Labute approximate surface area is 159 Å². The first-order chi connectivity index (χ1) is 13.0. The van der Waals surface area contributed by atoms with Gasteiger partial charge in [0.25, 0.3) is 5.91 Å². The Balaban J connectivity index is 1.54. The molecule has 3 aliphatic rings. The fourth-order valence-corrected chi connectivity index (χ4v) is 4.36. The second-order valence-corrected chi connectivity index (χ2v) is 8.20. The van der Waals surface area contributed by atoms with Gasteiger partial charge in [0.15, 0.2) is 0 Å². The van der Waals surface area contributed by atoms with Crippen LogP contribution in [-0.2, 0) is 16.1 Å². The molecule has 1 aliphatic carbocycles. The minimum absolute atomic E-state index is 0.0110. The predicted molar refractivity (Wildman–Crippen MR) is 101 cm³/mol. The number of hydrogen-bond donors (Lipinski definition) is 1. The van der Waals surface area contributed by atoms with E-state index in [9.17, 15) is 14.4 Å². The fourth-order valence-electron chi connectivity index (χ4n) is 4.36.